The van der Waals surface area contributed by atoms with Crippen LogP contribution in [0.3, 0.4) is 0 Å². The molecule has 2 aromatic rings. The first-order valence-electron chi connectivity index (χ1n) is 11.5. The molecule has 2 aromatic carbocycles. The normalized spacial score (nSPS) is 11.9. The molecule has 0 fully saturated rings. The lowest BCUT2D eigenvalue weighted by molar-refractivity contribution is 0.104. The quantitative estimate of drug-likeness (QED) is 0.290. The number of ether oxygens (including phenoxy) is 3. The van der Waals surface area contributed by atoms with Gasteiger partial charge in [-0.25, -0.2) is 0 Å². The molecule has 174 valence electrons. The predicted molar refractivity (Wildman–Crippen MR) is 132 cm³/mol. The average molecular weight is 439 g/mol. The molecule has 0 bridgehead atoms. The summed E-state index contributed by atoms with van der Waals surface area (Å²) in [5.74, 6) is 2.23. The molecular formula is C28H38O4. The molecule has 0 spiro atoms. The van der Waals surface area contributed by atoms with Crippen LogP contribution in [0.4, 0.5) is 0 Å². The first-order valence-corrected chi connectivity index (χ1v) is 11.5. The maximum atomic E-state index is 12.8. The van der Waals surface area contributed by atoms with Crippen molar-refractivity contribution >= 4 is 11.9 Å². The summed E-state index contributed by atoms with van der Waals surface area (Å²) in [7, 11) is 0. The Kier molecular flexibility index (Phi) is 8.94. The van der Waals surface area contributed by atoms with Crippen molar-refractivity contribution in [3.05, 3.63) is 59.2 Å². The number of benzene rings is 2. The second-order valence-corrected chi connectivity index (χ2v) is 9.54. The van der Waals surface area contributed by atoms with Gasteiger partial charge >= 0.3 is 0 Å². The van der Waals surface area contributed by atoms with Crippen LogP contribution >= 0.6 is 0 Å². The van der Waals surface area contributed by atoms with Crippen LogP contribution in [0.25, 0.3) is 6.08 Å². The van der Waals surface area contributed by atoms with E-state index in [2.05, 4.69) is 33.8 Å². The Morgan fingerprint density at radius 3 is 2.06 bits per heavy atom. The van der Waals surface area contributed by atoms with Gasteiger partial charge in [-0.3, -0.25) is 4.79 Å². The molecule has 0 aliphatic heterocycles. The van der Waals surface area contributed by atoms with Crippen LogP contribution in [-0.4, -0.2) is 24.6 Å². The zero-order chi connectivity index (χ0) is 23.9. The highest BCUT2D eigenvalue weighted by molar-refractivity contribution is 6.07. The van der Waals surface area contributed by atoms with E-state index in [1.54, 1.807) is 18.2 Å². The fourth-order valence-electron chi connectivity index (χ4n) is 3.20. The smallest absolute Gasteiger partial charge is 0.185 e. The van der Waals surface area contributed by atoms with E-state index in [4.69, 9.17) is 14.2 Å². The van der Waals surface area contributed by atoms with Gasteiger partial charge in [0.2, 0.25) is 0 Å². The topological polar surface area (TPSA) is 44.8 Å². The fraction of sp³-hybridized carbons (Fsp3) is 0.464. The van der Waals surface area contributed by atoms with Crippen molar-refractivity contribution in [2.75, 3.05) is 6.61 Å². The lowest BCUT2D eigenvalue weighted by Crippen LogP contribution is -2.17. The van der Waals surface area contributed by atoms with Crippen molar-refractivity contribution in [2.24, 2.45) is 0 Å². The summed E-state index contributed by atoms with van der Waals surface area (Å²) in [6.45, 7) is 17.2. The number of rotatable bonds is 10. The minimum atomic E-state index is -0.124. The standard InChI is InChI=1S/C28H38O4/c1-9-16-30-23-13-10-21(11-14-23)25(29)15-12-22-17-24(28(6,7)8)27(32-20(4)5)18-26(22)31-19(2)3/h10-15,17-20H,9,16H2,1-8H3. The lowest BCUT2D eigenvalue weighted by Gasteiger charge is -2.26. The third-order valence-electron chi connectivity index (χ3n) is 4.67. The number of hydrogen-bond acceptors (Lipinski definition) is 4. The summed E-state index contributed by atoms with van der Waals surface area (Å²) < 4.78 is 17.8. The highest BCUT2D eigenvalue weighted by atomic mass is 16.5. The molecule has 0 atom stereocenters. The summed E-state index contributed by atoms with van der Waals surface area (Å²) >= 11 is 0. The van der Waals surface area contributed by atoms with E-state index in [0.29, 0.717) is 17.9 Å². The molecule has 0 saturated carbocycles. The molecule has 4 nitrogen and oxygen atoms in total. The SMILES string of the molecule is CCCOc1ccc(C(=O)C=Cc2cc(C(C)(C)C)c(OC(C)C)cc2OC(C)C)cc1. The van der Waals surface area contributed by atoms with Crippen molar-refractivity contribution in [1.29, 1.82) is 0 Å². The highest BCUT2D eigenvalue weighted by Crippen LogP contribution is 2.38. The number of ketones is 1. The van der Waals surface area contributed by atoms with Gasteiger partial charge in [-0.05, 0) is 82.0 Å². The van der Waals surface area contributed by atoms with Gasteiger partial charge in [-0.1, -0.05) is 27.7 Å². The second kappa shape index (κ2) is 11.2. The molecule has 0 N–H and O–H groups in total. The first-order chi connectivity index (χ1) is 15.0. The van der Waals surface area contributed by atoms with Gasteiger partial charge < -0.3 is 14.2 Å². The molecule has 0 unspecified atom stereocenters. The maximum Gasteiger partial charge on any atom is 0.185 e. The molecule has 4 heteroatoms. The fourth-order valence-corrected chi connectivity index (χ4v) is 3.20. The Balaban J connectivity index is 2.39. The van der Waals surface area contributed by atoms with Crippen LogP contribution in [0.5, 0.6) is 17.2 Å². The van der Waals surface area contributed by atoms with E-state index >= 15 is 0 Å². The van der Waals surface area contributed by atoms with E-state index in [9.17, 15) is 4.79 Å². The minimum absolute atomic E-state index is 0.000836. The molecule has 0 aromatic heterocycles. The van der Waals surface area contributed by atoms with Crippen molar-refractivity contribution in [2.45, 2.75) is 79.4 Å². The lowest BCUT2D eigenvalue weighted by atomic mass is 9.85. The van der Waals surface area contributed by atoms with Crippen LogP contribution in [0.15, 0.2) is 42.5 Å². The first kappa shape index (κ1) is 25.5. The third-order valence-corrected chi connectivity index (χ3v) is 4.67. The molecule has 2 rings (SSSR count). The predicted octanol–water partition coefficient (Wildman–Crippen LogP) is 7.24. The minimum Gasteiger partial charge on any atom is -0.494 e. The Morgan fingerprint density at radius 1 is 0.938 bits per heavy atom. The molecular weight excluding hydrogens is 400 g/mol. The summed E-state index contributed by atoms with van der Waals surface area (Å²) in [6, 6.07) is 11.3. The van der Waals surface area contributed by atoms with Gasteiger partial charge in [0.05, 0.1) is 18.8 Å². The van der Waals surface area contributed by atoms with Crippen molar-refractivity contribution in [1.82, 2.24) is 0 Å². The number of carbonyl (C=O) groups excluding carboxylic acids is 1. The third kappa shape index (κ3) is 7.44. The van der Waals surface area contributed by atoms with E-state index in [-0.39, 0.29) is 23.4 Å². The largest absolute Gasteiger partial charge is 0.494 e. The van der Waals surface area contributed by atoms with Gasteiger partial charge in [-0.2, -0.15) is 0 Å². The average Bonchev–Trinajstić information content (AvgIpc) is 2.70. The zero-order valence-electron chi connectivity index (χ0n) is 20.8. The Morgan fingerprint density at radius 2 is 1.53 bits per heavy atom. The van der Waals surface area contributed by atoms with Gasteiger partial charge in [0.15, 0.2) is 5.78 Å². The van der Waals surface area contributed by atoms with E-state index in [1.807, 2.05) is 52.0 Å². The number of allylic oxidation sites excluding steroid dienone is 1. The Hall–Kier alpha value is -2.75. The maximum absolute atomic E-state index is 12.8. The molecule has 0 heterocycles. The van der Waals surface area contributed by atoms with Gasteiger partial charge in [0.1, 0.15) is 17.2 Å². The van der Waals surface area contributed by atoms with E-state index < -0.39 is 0 Å². The van der Waals surface area contributed by atoms with Crippen LogP contribution in [-0.2, 0) is 5.41 Å². The molecule has 0 saturated heterocycles. The van der Waals surface area contributed by atoms with Crippen LogP contribution in [0, 0.1) is 0 Å². The molecule has 0 aliphatic carbocycles. The van der Waals surface area contributed by atoms with Crippen LogP contribution < -0.4 is 14.2 Å². The second-order valence-electron chi connectivity index (χ2n) is 9.54. The van der Waals surface area contributed by atoms with Crippen molar-refractivity contribution in [3.8, 4) is 17.2 Å². The molecule has 0 aliphatic rings. The summed E-state index contributed by atoms with van der Waals surface area (Å²) in [4.78, 5) is 12.8. The molecule has 0 amide bonds. The number of hydrogen-bond donors (Lipinski definition) is 0. The van der Waals surface area contributed by atoms with Gasteiger partial charge in [0.25, 0.3) is 0 Å². The van der Waals surface area contributed by atoms with E-state index in [0.717, 1.165) is 29.0 Å². The zero-order valence-corrected chi connectivity index (χ0v) is 20.8. The van der Waals surface area contributed by atoms with Crippen molar-refractivity contribution in [3.63, 3.8) is 0 Å². The van der Waals surface area contributed by atoms with Crippen LogP contribution in [0.1, 0.15) is 83.3 Å². The summed E-state index contributed by atoms with van der Waals surface area (Å²) in [5, 5.41) is 0. The van der Waals surface area contributed by atoms with Crippen LogP contribution in [0.2, 0.25) is 0 Å². The highest BCUT2D eigenvalue weighted by Gasteiger charge is 2.22. The van der Waals surface area contributed by atoms with Gasteiger partial charge in [-0.15, -0.1) is 0 Å². The number of carbonyl (C=O) groups is 1. The van der Waals surface area contributed by atoms with Crippen molar-refractivity contribution < 1.29 is 19.0 Å². The summed E-state index contributed by atoms with van der Waals surface area (Å²) in [5.41, 5.74) is 2.43. The monoisotopic (exact) mass is 438 g/mol. The van der Waals surface area contributed by atoms with E-state index in [1.165, 1.54) is 0 Å². The molecule has 0 radical (unpaired) electrons. The molecule has 32 heavy (non-hydrogen) atoms. The Labute approximate surface area is 193 Å². The van der Waals surface area contributed by atoms with Gasteiger partial charge in [0, 0.05) is 22.8 Å². The Bertz CT molecular complexity index is 916. The summed E-state index contributed by atoms with van der Waals surface area (Å²) in [6.07, 6.45) is 4.42.